The first-order valence-corrected chi connectivity index (χ1v) is 11.7. The number of rotatable bonds is 6. The molecule has 0 unspecified atom stereocenters. The Morgan fingerprint density at radius 2 is 1.77 bits per heavy atom. The fourth-order valence-corrected chi connectivity index (χ4v) is 4.46. The van der Waals surface area contributed by atoms with Crippen LogP contribution in [0.15, 0.2) is 24.3 Å². The number of ether oxygens (including phenoxy) is 1. The Kier molecular flexibility index (Phi) is 7.63. The molecule has 1 aromatic carbocycles. The third-order valence-corrected chi connectivity index (χ3v) is 6.41. The normalized spacial score (nSPS) is 16.6. The molecule has 2 aliphatic rings. The lowest BCUT2D eigenvalue weighted by molar-refractivity contribution is 0.0950. The van der Waals surface area contributed by atoms with Crippen LogP contribution in [-0.4, -0.2) is 23.6 Å². The van der Waals surface area contributed by atoms with Gasteiger partial charge in [0.1, 0.15) is 5.75 Å². The van der Waals surface area contributed by atoms with E-state index in [0.29, 0.717) is 12.0 Å². The lowest BCUT2D eigenvalue weighted by atomic mass is 9.89. The molecule has 0 atom stereocenters. The minimum absolute atomic E-state index is 0.0733. The summed E-state index contributed by atoms with van der Waals surface area (Å²) in [4.78, 5) is 12.9. The zero-order valence-corrected chi connectivity index (χ0v) is 19.4. The number of amides is 1. The zero-order chi connectivity index (χ0) is 21.7. The van der Waals surface area contributed by atoms with Crippen LogP contribution in [0.5, 0.6) is 5.75 Å². The molecule has 2 saturated carbocycles. The molecule has 1 heterocycles. The Morgan fingerprint density at radius 3 is 2.40 bits per heavy atom. The van der Waals surface area contributed by atoms with Crippen molar-refractivity contribution in [2.45, 2.75) is 85.2 Å². The Balaban J connectivity index is 0.00000124. The second kappa shape index (κ2) is 10.2. The van der Waals surface area contributed by atoms with Gasteiger partial charge in [-0.05, 0) is 69.2 Å². The summed E-state index contributed by atoms with van der Waals surface area (Å²) in [5.41, 5.74) is 5.40. The van der Waals surface area contributed by atoms with Gasteiger partial charge in [-0.15, -0.1) is 0 Å². The van der Waals surface area contributed by atoms with Gasteiger partial charge in [-0.3, -0.25) is 4.79 Å². The van der Waals surface area contributed by atoms with Crippen molar-refractivity contribution in [2.75, 3.05) is 7.11 Å². The van der Waals surface area contributed by atoms with Crippen LogP contribution in [0.3, 0.4) is 0 Å². The van der Waals surface area contributed by atoms with E-state index in [1.54, 1.807) is 7.11 Å². The molecule has 2 aliphatic carbocycles. The first-order valence-electron chi connectivity index (χ1n) is 11.7. The molecule has 1 N–H and O–H groups in total. The van der Waals surface area contributed by atoms with E-state index in [-0.39, 0.29) is 5.91 Å². The molecule has 2 fully saturated rings. The summed E-state index contributed by atoms with van der Waals surface area (Å²) >= 11 is 0. The molecule has 2 aromatic rings. The second-order valence-corrected chi connectivity index (χ2v) is 8.57. The fraction of sp³-hybridized carbons (Fsp3) is 0.577. The maximum atomic E-state index is 12.9. The predicted molar refractivity (Wildman–Crippen MR) is 124 cm³/mol. The molecule has 4 rings (SSSR count). The summed E-state index contributed by atoms with van der Waals surface area (Å²) in [7, 11) is 1.70. The number of aryl methyl sites for hydroxylation is 1. The van der Waals surface area contributed by atoms with Crippen LogP contribution in [0.2, 0.25) is 0 Å². The summed E-state index contributed by atoms with van der Waals surface area (Å²) in [5, 5.41) is 3.17. The summed E-state index contributed by atoms with van der Waals surface area (Å²) in [6.07, 6.45) is 8.81. The molecular weight excluding hydrogens is 372 g/mol. The quantitative estimate of drug-likeness (QED) is 0.609. The number of aromatic nitrogens is 1. The highest BCUT2D eigenvalue weighted by Crippen LogP contribution is 2.34. The van der Waals surface area contributed by atoms with Gasteiger partial charge in [0.15, 0.2) is 0 Å². The van der Waals surface area contributed by atoms with E-state index in [9.17, 15) is 4.79 Å². The predicted octanol–water partition coefficient (Wildman–Crippen LogP) is 6.28. The molecule has 0 aliphatic heterocycles. The highest BCUT2D eigenvalue weighted by atomic mass is 16.5. The van der Waals surface area contributed by atoms with E-state index >= 15 is 0 Å². The summed E-state index contributed by atoms with van der Waals surface area (Å²) < 4.78 is 7.87. The first kappa shape index (κ1) is 22.5. The van der Waals surface area contributed by atoms with Crippen molar-refractivity contribution >= 4 is 5.91 Å². The van der Waals surface area contributed by atoms with E-state index < -0.39 is 0 Å². The average molecular weight is 411 g/mol. The molecule has 1 amide bonds. The molecule has 1 aromatic heterocycles. The fourth-order valence-electron chi connectivity index (χ4n) is 4.46. The molecule has 164 valence electrons. The Morgan fingerprint density at radius 1 is 1.07 bits per heavy atom. The summed E-state index contributed by atoms with van der Waals surface area (Å²) in [6.45, 7) is 9.23. The van der Waals surface area contributed by atoms with Crippen LogP contribution in [-0.2, 0) is 6.54 Å². The van der Waals surface area contributed by atoms with Crippen LogP contribution < -0.4 is 10.1 Å². The topological polar surface area (TPSA) is 43.3 Å². The van der Waals surface area contributed by atoms with Gasteiger partial charge in [-0.25, -0.2) is 0 Å². The standard InChI is InChI=1S/C24H32N2O2.C2H6/c1-16-9-12-20(28-3)13-21(16)23-14-22(24(27)25-19-10-11-19)17(2)26(23)15-18-7-5-4-6-8-18;1-2/h9,12-14,18-19H,4-8,10-11,15H2,1-3H3,(H,25,27);1-2H3. The van der Waals surface area contributed by atoms with Gasteiger partial charge in [-0.2, -0.15) is 0 Å². The maximum Gasteiger partial charge on any atom is 0.253 e. The van der Waals surface area contributed by atoms with Crippen molar-refractivity contribution in [1.82, 2.24) is 9.88 Å². The Bertz CT molecular complexity index is 858. The van der Waals surface area contributed by atoms with Crippen LogP contribution in [0, 0.1) is 19.8 Å². The maximum absolute atomic E-state index is 12.9. The van der Waals surface area contributed by atoms with E-state index in [0.717, 1.165) is 47.7 Å². The Hall–Kier alpha value is -2.23. The number of nitrogens with zero attached hydrogens (tertiary/aromatic N) is 1. The van der Waals surface area contributed by atoms with Gasteiger partial charge in [-0.1, -0.05) is 39.2 Å². The Labute approximate surface area is 182 Å². The van der Waals surface area contributed by atoms with Crippen LogP contribution in [0.1, 0.15) is 80.4 Å². The van der Waals surface area contributed by atoms with Crippen LogP contribution in [0.4, 0.5) is 0 Å². The van der Waals surface area contributed by atoms with Crippen molar-refractivity contribution in [2.24, 2.45) is 5.92 Å². The minimum atomic E-state index is 0.0733. The molecule has 4 nitrogen and oxygen atoms in total. The zero-order valence-electron chi connectivity index (χ0n) is 19.4. The first-order chi connectivity index (χ1) is 14.6. The van der Waals surface area contributed by atoms with E-state index in [1.807, 2.05) is 19.9 Å². The third-order valence-electron chi connectivity index (χ3n) is 6.41. The van der Waals surface area contributed by atoms with Gasteiger partial charge in [0.25, 0.3) is 5.91 Å². The SMILES string of the molecule is CC.COc1ccc(C)c(-c2cc(C(=O)NC3CC3)c(C)n2CC2CCCCC2)c1. The number of methoxy groups -OCH3 is 1. The highest BCUT2D eigenvalue weighted by Gasteiger charge is 2.27. The molecule has 0 bridgehead atoms. The van der Waals surface area contributed by atoms with Gasteiger partial charge < -0.3 is 14.6 Å². The smallest absolute Gasteiger partial charge is 0.253 e. The minimum Gasteiger partial charge on any atom is -0.497 e. The van der Waals surface area contributed by atoms with Gasteiger partial charge in [0.05, 0.1) is 12.7 Å². The number of carbonyl (C=O) groups excluding carboxylic acids is 1. The number of hydrogen-bond donors (Lipinski definition) is 1. The summed E-state index contributed by atoms with van der Waals surface area (Å²) in [5.74, 6) is 1.63. The van der Waals surface area contributed by atoms with Gasteiger partial charge in [0, 0.05) is 29.5 Å². The van der Waals surface area contributed by atoms with E-state index in [4.69, 9.17) is 4.74 Å². The highest BCUT2D eigenvalue weighted by molar-refractivity contribution is 5.97. The third kappa shape index (κ3) is 5.08. The number of carbonyl (C=O) groups is 1. The van der Waals surface area contributed by atoms with Gasteiger partial charge in [0.2, 0.25) is 0 Å². The molecule has 0 saturated heterocycles. The van der Waals surface area contributed by atoms with Crippen LogP contribution >= 0.6 is 0 Å². The lowest BCUT2D eigenvalue weighted by Crippen LogP contribution is -2.26. The van der Waals surface area contributed by atoms with Crippen molar-refractivity contribution in [3.8, 4) is 17.0 Å². The number of benzene rings is 1. The molecular formula is C26H38N2O2. The van der Waals surface area contributed by atoms with Crippen molar-refractivity contribution < 1.29 is 9.53 Å². The average Bonchev–Trinajstić information content (AvgIpc) is 3.54. The monoisotopic (exact) mass is 410 g/mol. The number of hydrogen-bond acceptors (Lipinski definition) is 2. The van der Waals surface area contributed by atoms with Gasteiger partial charge >= 0.3 is 0 Å². The van der Waals surface area contributed by atoms with Crippen LogP contribution in [0.25, 0.3) is 11.3 Å². The molecule has 4 heteroatoms. The second-order valence-electron chi connectivity index (χ2n) is 8.57. The summed E-state index contributed by atoms with van der Waals surface area (Å²) in [6, 6.07) is 8.67. The van der Waals surface area contributed by atoms with Crippen molar-refractivity contribution in [1.29, 1.82) is 0 Å². The van der Waals surface area contributed by atoms with E-state index in [2.05, 4.69) is 41.9 Å². The van der Waals surface area contributed by atoms with Crippen molar-refractivity contribution in [3.63, 3.8) is 0 Å². The van der Waals surface area contributed by atoms with E-state index in [1.165, 1.54) is 37.7 Å². The largest absolute Gasteiger partial charge is 0.497 e. The molecule has 0 radical (unpaired) electrons. The molecule has 0 spiro atoms. The number of nitrogens with one attached hydrogen (secondary N) is 1. The van der Waals surface area contributed by atoms with Crippen molar-refractivity contribution in [3.05, 3.63) is 41.1 Å². The lowest BCUT2D eigenvalue weighted by Gasteiger charge is -2.24. The molecule has 30 heavy (non-hydrogen) atoms.